The predicted octanol–water partition coefficient (Wildman–Crippen LogP) is 3.51. The monoisotopic (exact) mass is 278 g/mol. The molecule has 1 fully saturated rings. The van der Waals surface area contributed by atoms with Gasteiger partial charge in [-0.2, -0.15) is 0 Å². The second-order valence-electron chi connectivity index (χ2n) is 6.56. The minimum absolute atomic E-state index is 0.200. The fourth-order valence-corrected chi connectivity index (χ4v) is 3.42. The first-order chi connectivity index (χ1) is 9.43. The molecule has 0 bridgehead atoms. The van der Waals surface area contributed by atoms with E-state index in [1.165, 1.54) is 25.0 Å². The SMILES string of the molecule is CC(C)CC(N)(c1ccc(F)cc1)C(C)N1CCCC1. The highest BCUT2D eigenvalue weighted by molar-refractivity contribution is 5.27. The molecular weight excluding hydrogens is 251 g/mol. The van der Waals surface area contributed by atoms with Crippen LogP contribution in [-0.2, 0) is 5.54 Å². The first-order valence-corrected chi connectivity index (χ1v) is 7.72. The van der Waals surface area contributed by atoms with Crippen molar-refractivity contribution in [2.45, 2.75) is 51.6 Å². The lowest BCUT2D eigenvalue weighted by molar-refractivity contribution is 0.140. The van der Waals surface area contributed by atoms with E-state index in [2.05, 4.69) is 25.7 Å². The molecule has 0 saturated carbocycles. The van der Waals surface area contributed by atoms with Gasteiger partial charge in [-0.3, -0.25) is 4.90 Å². The van der Waals surface area contributed by atoms with Gasteiger partial charge in [0.05, 0.1) is 5.54 Å². The third-order valence-electron chi connectivity index (χ3n) is 4.56. The van der Waals surface area contributed by atoms with E-state index in [1.807, 2.05) is 12.1 Å². The Bertz CT molecular complexity index is 423. The summed E-state index contributed by atoms with van der Waals surface area (Å²) < 4.78 is 13.2. The second kappa shape index (κ2) is 6.23. The number of rotatable bonds is 5. The molecule has 1 aromatic carbocycles. The smallest absolute Gasteiger partial charge is 0.123 e. The molecule has 0 radical (unpaired) electrons. The molecule has 0 amide bonds. The standard InChI is InChI=1S/C17H27FN2/c1-13(2)12-17(19,14(3)20-10-4-5-11-20)15-6-8-16(18)9-7-15/h6-9,13-14H,4-5,10-12,19H2,1-3H3. The highest BCUT2D eigenvalue weighted by Crippen LogP contribution is 2.33. The predicted molar refractivity (Wildman–Crippen MR) is 82.0 cm³/mol. The van der Waals surface area contributed by atoms with Crippen LogP contribution in [-0.4, -0.2) is 24.0 Å². The topological polar surface area (TPSA) is 29.3 Å². The third-order valence-corrected chi connectivity index (χ3v) is 4.56. The maximum absolute atomic E-state index is 13.2. The van der Waals surface area contributed by atoms with Crippen LogP contribution in [0.4, 0.5) is 4.39 Å². The van der Waals surface area contributed by atoms with Gasteiger partial charge in [-0.25, -0.2) is 4.39 Å². The minimum atomic E-state index is -0.411. The van der Waals surface area contributed by atoms with Crippen molar-refractivity contribution < 1.29 is 4.39 Å². The molecule has 0 spiro atoms. The number of likely N-dealkylation sites (tertiary alicyclic amines) is 1. The van der Waals surface area contributed by atoms with Crippen molar-refractivity contribution in [3.8, 4) is 0 Å². The molecule has 20 heavy (non-hydrogen) atoms. The van der Waals surface area contributed by atoms with Crippen molar-refractivity contribution in [3.63, 3.8) is 0 Å². The van der Waals surface area contributed by atoms with Crippen molar-refractivity contribution in [1.29, 1.82) is 0 Å². The average molecular weight is 278 g/mol. The Labute approximate surface area is 122 Å². The molecule has 1 saturated heterocycles. The summed E-state index contributed by atoms with van der Waals surface area (Å²) in [5, 5.41) is 0. The molecule has 1 aliphatic heterocycles. The number of halogens is 1. The third kappa shape index (κ3) is 3.21. The van der Waals surface area contributed by atoms with E-state index >= 15 is 0 Å². The van der Waals surface area contributed by atoms with E-state index in [0.717, 1.165) is 25.1 Å². The molecule has 2 N–H and O–H groups in total. The van der Waals surface area contributed by atoms with Crippen molar-refractivity contribution >= 4 is 0 Å². The van der Waals surface area contributed by atoms with Crippen LogP contribution in [0.5, 0.6) is 0 Å². The lowest BCUT2D eigenvalue weighted by atomic mass is 9.77. The average Bonchev–Trinajstić information content (AvgIpc) is 2.91. The van der Waals surface area contributed by atoms with Gasteiger partial charge in [0.1, 0.15) is 5.82 Å². The van der Waals surface area contributed by atoms with Gasteiger partial charge in [-0.05, 0) is 62.9 Å². The van der Waals surface area contributed by atoms with Crippen LogP contribution in [0.25, 0.3) is 0 Å². The number of hydrogen-bond acceptors (Lipinski definition) is 2. The molecule has 1 aromatic rings. The Kier molecular flexibility index (Phi) is 4.82. The molecule has 112 valence electrons. The van der Waals surface area contributed by atoms with Crippen LogP contribution in [0.3, 0.4) is 0 Å². The largest absolute Gasteiger partial charge is 0.320 e. The van der Waals surface area contributed by atoms with Gasteiger partial charge in [0.15, 0.2) is 0 Å². The summed E-state index contributed by atoms with van der Waals surface area (Å²) in [7, 11) is 0. The highest BCUT2D eigenvalue weighted by atomic mass is 19.1. The molecular formula is C17H27FN2. The Morgan fingerprint density at radius 3 is 2.20 bits per heavy atom. The number of nitrogens with two attached hydrogens (primary N) is 1. The Hall–Kier alpha value is -0.930. The van der Waals surface area contributed by atoms with Gasteiger partial charge in [-0.15, -0.1) is 0 Å². The van der Waals surface area contributed by atoms with E-state index in [0.29, 0.717) is 5.92 Å². The molecule has 0 aromatic heterocycles. The van der Waals surface area contributed by atoms with Crippen LogP contribution in [0.15, 0.2) is 24.3 Å². The van der Waals surface area contributed by atoms with Crippen LogP contribution in [0.2, 0.25) is 0 Å². The molecule has 0 aliphatic carbocycles. The van der Waals surface area contributed by atoms with E-state index < -0.39 is 5.54 Å². The number of nitrogens with zero attached hydrogens (tertiary/aromatic N) is 1. The van der Waals surface area contributed by atoms with Crippen molar-refractivity contribution in [3.05, 3.63) is 35.6 Å². The maximum atomic E-state index is 13.2. The maximum Gasteiger partial charge on any atom is 0.123 e. The fraction of sp³-hybridized carbons (Fsp3) is 0.647. The minimum Gasteiger partial charge on any atom is -0.320 e. The summed E-state index contributed by atoms with van der Waals surface area (Å²) in [6.07, 6.45) is 3.42. The normalized spacial score (nSPS) is 21.1. The summed E-state index contributed by atoms with van der Waals surface area (Å²) in [4.78, 5) is 2.48. The first-order valence-electron chi connectivity index (χ1n) is 7.72. The molecule has 1 aliphatic rings. The van der Waals surface area contributed by atoms with Gasteiger partial charge >= 0.3 is 0 Å². The van der Waals surface area contributed by atoms with Gasteiger partial charge in [0.25, 0.3) is 0 Å². The van der Waals surface area contributed by atoms with Crippen molar-refractivity contribution in [1.82, 2.24) is 4.90 Å². The molecule has 2 unspecified atom stereocenters. The molecule has 2 nitrogen and oxygen atoms in total. The van der Waals surface area contributed by atoms with E-state index in [-0.39, 0.29) is 11.9 Å². The van der Waals surface area contributed by atoms with Crippen LogP contribution in [0.1, 0.15) is 45.6 Å². The lowest BCUT2D eigenvalue weighted by Gasteiger charge is -2.42. The van der Waals surface area contributed by atoms with Gasteiger partial charge in [0, 0.05) is 6.04 Å². The zero-order valence-electron chi connectivity index (χ0n) is 12.9. The molecule has 2 rings (SSSR count). The summed E-state index contributed by atoms with van der Waals surface area (Å²) in [6, 6.07) is 7.02. The van der Waals surface area contributed by atoms with E-state index in [4.69, 9.17) is 5.73 Å². The number of hydrogen-bond donors (Lipinski definition) is 1. The Morgan fingerprint density at radius 2 is 1.70 bits per heavy atom. The second-order valence-corrected chi connectivity index (χ2v) is 6.56. The van der Waals surface area contributed by atoms with Crippen LogP contribution >= 0.6 is 0 Å². The first kappa shape index (κ1) is 15.5. The summed E-state index contributed by atoms with van der Waals surface area (Å²) in [5.74, 6) is 0.310. The van der Waals surface area contributed by atoms with Gasteiger partial charge in [0.2, 0.25) is 0 Å². The lowest BCUT2D eigenvalue weighted by Crippen LogP contribution is -2.54. The Morgan fingerprint density at radius 1 is 1.15 bits per heavy atom. The molecule has 2 atom stereocenters. The highest BCUT2D eigenvalue weighted by Gasteiger charge is 2.38. The van der Waals surface area contributed by atoms with Gasteiger partial charge in [-0.1, -0.05) is 26.0 Å². The van der Waals surface area contributed by atoms with Crippen molar-refractivity contribution in [2.24, 2.45) is 11.7 Å². The van der Waals surface area contributed by atoms with Gasteiger partial charge < -0.3 is 5.73 Å². The number of benzene rings is 1. The van der Waals surface area contributed by atoms with Crippen LogP contribution < -0.4 is 5.73 Å². The summed E-state index contributed by atoms with van der Waals surface area (Å²) in [6.45, 7) is 8.86. The van der Waals surface area contributed by atoms with Crippen LogP contribution in [0, 0.1) is 11.7 Å². The van der Waals surface area contributed by atoms with E-state index in [1.54, 1.807) is 0 Å². The zero-order valence-corrected chi connectivity index (χ0v) is 12.9. The molecule has 3 heteroatoms. The molecule has 1 heterocycles. The van der Waals surface area contributed by atoms with Crippen molar-refractivity contribution in [2.75, 3.05) is 13.1 Å². The summed E-state index contributed by atoms with van der Waals surface area (Å²) in [5.41, 5.74) is 7.47. The Balaban J connectivity index is 2.30. The fourth-order valence-electron chi connectivity index (χ4n) is 3.42. The zero-order chi connectivity index (χ0) is 14.8. The van der Waals surface area contributed by atoms with E-state index in [9.17, 15) is 4.39 Å². The summed E-state index contributed by atoms with van der Waals surface area (Å²) >= 11 is 0. The quantitative estimate of drug-likeness (QED) is 0.893.